The number of aliphatic hydroxyl groups excluding tert-OH is 2. The van der Waals surface area contributed by atoms with Crippen LogP contribution in [0.3, 0.4) is 0 Å². The molecule has 3 atom stereocenters. The quantitative estimate of drug-likeness (QED) is 0.0246. The first-order valence-electron chi connectivity index (χ1n) is 24.7. The summed E-state index contributed by atoms with van der Waals surface area (Å²) in [5.74, 6) is -0.526. The van der Waals surface area contributed by atoms with Crippen LogP contribution in [0.25, 0.3) is 0 Å². The van der Waals surface area contributed by atoms with Crippen LogP contribution in [-0.2, 0) is 14.3 Å². The number of carbonyl (C=O) groups excluding carboxylic acids is 2. The maximum absolute atomic E-state index is 13.2. The molecule has 0 aromatic heterocycles. The van der Waals surface area contributed by atoms with Gasteiger partial charge in [0, 0.05) is 6.42 Å². The normalized spacial score (nSPS) is 13.9. The minimum atomic E-state index is -0.801. The number of nitrogens with one attached hydrogen (secondary N) is 1. The summed E-state index contributed by atoms with van der Waals surface area (Å²) in [5, 5.41) is 23.7. The van der Waals surface area contributed by atoms with E-state index in [1.807, 2.05) is 6.08 Å². The summed E-state index contributed by atoms with van der Waals surface area (Å²) in [6.07, 6.45) is 58.1. The zero-order chi connectivity index (χ0) is 43.1. The third-order valence-corrected chi connectivity index (χ3v) is 10.9. The largest absolute Gasteiger partial charge is 0.462 e. The monoisotopic (exact) mass is 824 g/mol. The van der Waals surface area contributed by atoms with Crippen LogP contribution < -0.4 is 5.32 Å². The van der Waals surface area contributed by atoms with Gasteiger partial charge >= 0.3 is 5.97 Å². The number of unbranched alkanes of at least 4 members (excludes halogenated alkanes) is 22. The summed E-state index contributed by atoms with van der Waals surface area (Å²) < 4.78 is 5.90. The number of esters is 1. The van der Waals surface area contributed by atoms with Gasteiger partial charge in [-0.3, -0.25) is 9.59 Å². The fraction of sp³-hybridized carbons (Fsp3) is 0.736. The molecule has 340 valence electrons. The molecule has 0 bridgehead atoms. The Hall–Kier alpha value is -2.70. The highest BCUT2D eigenvalue weighted by molar-refractivity contribution is 5.77. The van der Waals surface area contributed by atoms with E-state index in [-0.39, 0.29) is 24.9 Å². The van der Waals surface area contributed by atoms with Crippen molar-refractivity contribution in [1.29, 1.82) is 0 Å². The Morgan fingerprint density at radius 2 is 0.983 bits per heavy atom. The number of rotatable bonds is 43. The second-order valence-electron chi connectivity index (χ2n) is 16.6. The number of ether oxygens (including phenoxy) is 1. The van der Waals surface area contributed by atoms with Gasteiger partial charge < -0.3 is 20.3 Å². The molecule has 3 unspecified atom stereocenters. The first-order valence-corrected chi connectivity index (χ1v) is 24.7. The molecule has 0 aliphatic heterocycles. The van der Waals surface area contributed by atoms with Gasteiger partial charge in [-0.15, -0.1) is 0 Å². The zero-order valence-corrected chi connectivity index (χ0v) is 38.6. The molecular formula is C53H93NO5. The smallest absolute Gasteiger partial charge is 0.306 e. The van der Waals surface area contributed by atoms with E-state index in [1.165, 1.54) is 89.9 Å². The lowest BCUT2D eigenvalue weighted by atomic mass is 10.0. The molecule has 0 saturated carbocycles. The second-order valence-corrected chi connectivity index (χ2v) is 16.6. The molecule has 6 nitrogen and oxygen atoms in total. The van der Waals surface area contributed by atoms with Gasteiger partial charge in [0.15, 0.2) is 0 Å². The maximum atomic E-state index is 13.2. The highest BCUT2D eigenvalue weighted by atomic mass is 16.5. The molecule has 6 heteroatoms. The lowest BCUT2D eigenvalue weighted by molar-refractivity contribution is -0.151. The Bertz CT molecular complexity index is 1110. The van der Waals surface area contributed by atoms with Gasteiger partial charge in [0.05, 0.1) is 25.2 Å². The highest BCUT2D eigenvalue weighted by Crippen LogP contribution is 2.17. The lowest BCUT2D eigenvalue weighted by Gasteiger charge is -2.24. The van der Waals surface area contributed by atoms with Crippen LogP contribution >= 0.6 is 0 Å². The topological polar surface area (TPSA) is 95.9 Å². The van der Waals surface area contributed by atoms with E-state index in [9.17, 15) is 19.8 Å². The molecule has 0 radical (unpaired) electrons. The highest BCUT2D eigenvalue weighted by Gasteiger charge is 2.24. The molecule has 0 aliphatic rings. The number of amides is 1. The maximum Gasteiger partial charge on any atom is 0.306 e. The summed E-state index contributed by atoms with van der Waals surface area (Å²) in [6.45, 7) is 6.31. The third-order valence-electron chi connectivity index (χ3n) is 10.9. The summed E-state index contributed by atoms with van der Waals surface area (Å²) >= 11 is 0. The van der Waals surface area contributed by atoms with E-state index in [1.54, 1.807) is 0 Å². The fourth-order valence-electron chi connectivity index (χ4n) is 7.13. The summed E-state index contributed by atoms with van der Waals surface area (Å²) in [5.41, 5.74) is 0. The zero-order valence-electron chi connectivity index (χ0n) is 38.6. The third kappa shape index (κ3) is 41.8. The summed E-state index contributed by atoms with van der Waals surface area (Å²) in [6, 6.07) is -0.717. The summed E-state index contributed by atoms with van der Waals surface area (Å²) in [7, 11) is 0. The van der Waals surface area contributed by atoms with E-state index >= 15 is 0 Å². The summed E-state index contributed by atoms with van der Waals surface area (Å²) in [4.78, 5) is 26.1. The van der Waals surface area contributed by atoms with Crippen LogP contribution in [0.4, 0.5) is 0 Å². The van der Waals surface area contributed by atoms with Gasteiger partial charge in [-0.2, -0.15) is 0 Å². The van der Waals surface area contributed by atoms with Gasteiger partial charge in [0.25, 0.3) is 0 Å². The Labute approximate surface area is 364 Å². The number of allylic oxidation sites excluding steroid dienone is 12. The molecule has 0 fully saturated rings. The number of hydrogen-bond donors (Lipinski definition) is 3. The van der Waals surface area contributed by atoms with E-state index in [4.69, 9.17) is 4.74 Å². The van der Waals surface area contributed by atoms with E-state index in [2.05, 4.69) is 92.9 Å². The average Bonchev–Trinajstić information content (AvgIpc) is 3.23. The van der Waals surface area contributed by atoms with Crippen LogP contribution in [0, 0.1) is 0 Å². The second kappa shape index (κ2) is 46.4. The van der Waals surface area contributed by atoms with Crippen LogP contribution in [0.5, 0.6) is 0 Å². The molecule has 1 amide bonds. The van der Waals surface area contributed by atoms with Gasteiger partial charge in [0.1, 0.15) is 6.10 Å². The van der Waals surface area contributed by atoms with Gasteiger partial charge in [-0.25, -0.2) is 0 Å². The Balaban J connectivity index is 4.71. The van der Waals surface area contributed by atoms with Crippen LogP contribution in [0.1, 0.15) is 226 Å². The van der Waals surface area contributed by atoms with Crippen molar-refractivity contribution < 1.29 is 24.5 Å². The lowest BCUT2D eigenvalue weighted by Crippen LogP contribution is -2.46. The van der Waals surface area contributed by atoms with E-state index in [0.29, 0.717) is 19.3 Å². The predicted octanol–water partition coefficient (Wildman–Crippen LogP) is 14.6. The Kier molecular flexibility index (Phi) is 44.2. The van der Waals surface area contributed by atoms with Crippen molar-refractivity contribution in [2.75, 3.05) is 6.61 Å². The molecule has 0 spiro atoms. The van der Waals surface area contributed by atoms with Crippen molar-refractivity contribution in [2.45, 2.75) is 244 Å². The predicted molar refractivity (Wildman–Crippen MR) is 255 cm³/mol. The van der Waals surface area contributed by atoms with Crippen molar-refractivity contribution in [3.05, 3.63) is 72.9 Å². The molecule has 3 N–H and O–H groups in total. The molecule has 59 heavy (non-hydrogen) atoms. The number of carbonyl (C=O) groups is 2. The molecule has 0 aromatic carbocycles. The first-order chi connectivity index (χ1) is 29.0. The number of aliphatic hydroxyl groups is 2. The van der Waals surface area contributed by atoms with Crippen molar-refractivity contribution in [1.82, 2.24) is 5.32 Å². The van der Waals surface area contributed by atoms with Crippen LogP contribution in [0.2, 0.25) is 0 Å². The minimum absolute atomic E-state index is 0.0456. The Morgan fingerprint density at radius 3 is 1.58 bits per heavy atom. The van der Waals surface area contributed by atoms with Crippen molar-refractivity contribution in [3.8, 4) is 0 Å². The average molecular weight is 824 g/mol. The Morgan fingerprint density at radius 1 is 0.525 bits per heavy atom. The van der Waals surface area contributed by atoms with Crippen molar-refractivity contribution >= 4 is 11.9 Å². The molecule has 0 heterocycles. The molecular weight excluding hydrogens is 731 g/mol. The molecule has 0 aromatic rings. The van der Waals surface area contributed by atoms with Gasteiger partial charge in [-0.05, 0) is 77.0 Å². The van der Waals surface area contributed by atoms with Crippen LogP contribution in [0.15, 0.2) is 72.9 Å². The standard InChI is InChI=1S/C53H93NO5/c1-4-7-10-13-16-19-22-24-26-27-28-30-32-35-38-41-44-49(59-53(58)46-43-40-37-34-31-29-25-23-20-17-14-11-8-5-2)47-52(57)54-50(48-55)51(56)45-42-39-36-33-21-18-15-12-9-6-3/h8,11,16-17,19-20,22,24,26-28,30,49-51,55-56H,4-7,9-10,12-15,18,21,23,25,29,31-48H2,1-3H3,(H,54,57)/b11-8+,19-16+,20-17+,24-22+,27-26+,30-28+. The number of hydrogen-bond acceptors (Lipinski definition) is 5. The fourth-order valence-corrected chi connectivity index (χ4v) is 7.13. The van der Waals surface area contributed by atoms with Crippen molar-refractivity contribution in [2.24, 2.45) is 0 Å². The van der Waals surface area contributed by atoms with E-state index < -0.39 is 18.2 Å². The van der Waals surface area contributed by atoms with Crippen molar-refractivity contribution in [3.63, 3.8) is 0 Å². The molecule has 0 rings (SSSR count). The minimum Gasteiger partial charge on any atom is -0.462 e. The van der Waals surface area contributed by atoms with Gasteiger partial charge in [-0.1, -0.05) is 209 Å². The molecule has 0 saturated heterocycles. The first kappa shape index (κ1) is 56.3. The van der Waals surface area contributed by atoms with E-state index in [0.717, 1.165) is 89.9 Å². The SMILES string of the molecule is CC/C=C/C/C=C/CCCCCCCCCC(=O)OC(CCCCC/C=C/C=C/C=C/C=C/CCCCC)CC(=O)NC(CO)C(O)CCCCCCCCCCCC. The van der Waals surface area contributed by atoms with Gasteiger partial charge in [0.2, 0.25) is 5.91 Å². The molecule has 0 aliphatic carbocycles. The van der Waals surface area contributed by atoms with Crippen LogP contribution in [-0.4, -0.2) is 46.9 Å².